The molecule has 2 nitrogen and oxygen atoms in total. The van der Waals surface area contributed by atoms with Crippen molar-refractivity contribution in [2.24, 2.45) is 5.73 Å². The summed E-state index contributed by atoms with van der Waals surface area (Å²) >= 11 is 5.61. The van der Waals surface area contributed by atoms with E-state index in [1.807, 2.05) is 13.0 Å². The molecule has 0 bridgehead atoms. The molecule has 1 aromatic rings. The molecule has 0 saturated heterocycles. The van der Waals surface area contributed by atoms with Crippen LogP contribution in [0.4, 0.5) is 0 Å². The lowest BCUT2D eigenvalue weighted by Crippen LogP contribution is -2.08. The van der Waals surface area contributed by atoms with Crippen LogP contribution in [0, 0.1) is 0 Å². The van der Waals surface area contributed by atoms with Crippen molar-refractivity contribution in [1.29, 1.82) is 0 Å². The minimum absolute atomic E-state index is 0.0831. The van der Waals surface area contributed by atoms with Gasteiger partial charge in [-0.25, -0.2) is 4.98 Å². The lowest BCUT2D eigenvalue weighted by atomic mass is 10.1. The number of hydrogen-bond acceptors (Lipinski definition) is 2. The molecule has 1 aromatic heterocycles. The van der Waals surface area contributed by atoms with E-state index in [0.29, 0.717) is 5.15 Å². The summed E-state index contributed by atoms with van der Waals surface area (Å²) in [7, 11) is 0. The average molecular weight is 171 g/mol. The Morgan fingerprint density at radius 3 is 2.82 bits per heavy atom. The van der Waals surface area contributed by atoms with Gasteiger partial charge in [0.25, 0.3) is 0 Å². The predicted molar refractivity (Wildman–Crippen MR) is 46.5 cm³/mol. The van der Waals surface area contributed by atoms with Crippen LogP contribution in [-0.2, 0) is 0 Å². The SMILES string of the molecule is CC[C@H](N)c1ccc(Cl)nc1. The second kappa shape index (κ2) is 3.69. The van der Waals surface area contributed by atoms with E-state index in [0.717, 1.165) is 12.0 Å². The molecule has 0 aliphatic rings. The molecule has 0 aliphatic carbocycles. The molecule has 0 aromatic carbocycles. The number of pyridine rings is 1. The Balaban J connectivity index is 2.81. The second-order valence-electron chi connectivity index (χ2n) is 2.43. The van der Waals surface area contributed by atoms with Gasteiger partial charge in [-0.3, -0.25) is 0 Å². The zero-order chi connectivity index (χ0) is 8.27. The quantitative estimate of drug-likeness (QED) is 0.691. The van der Waals surface area contributed by atoms with E-state index < -0.39 is 0 Å². The maximum absolute atomic E-state index is 5.76. The number of hydrogen-bond donors (Lipinski definition) is 1. The topological polar surface area (TPSA) is 38.9 Å². The van der Waals surface area contributed by atoms with E-state index in [-0.39, 0.29) is 6.04 Å². The number of aromatic nitrogens is 1. The van der Waals surface area contributed by atoms with Crippen molar-refractivity contribution in [3.05, 3.63) is 29.0 Å². The zero-order valence-electron chi connectivity index (χ0n) is 6.42. The fourth-order valence-corrected chi connectivity index (χ4v) is 0.954. The first-order valence-electron chi connectivity index (χ1n) is 3.61. The third-order valence-electron chi connectivity index (χ3n) is 1.62. The van der Waals surface area contributed by atoms with Gasteiger partial charge in [-0.1, -0.05) is 24.6 Å². The third kappa shape index (κ3) is 2.17. The van der Waals surface area contributed by atoms with Gasteiger partial charge < -0.3 is 5.73 Å². The molecular formula is C8H11ClN2. The maximum atomic E-state index is 5.76. The standard InChI is InChI=1S/C8H11ClN2/c1-2-7(10)6-3-4-8(9)11-5-6/h3-5,7H,2,10H2,1H3/t7-/m0/s1. The van der Waals surface area contributed by atoms with E-state index in [4.69, 9.17) is 17.3 Å². The van der Waals surface area contributed by atoms with Crippen molar-refractivity contribution >= 4 is 11.6 Å². The van der Waals surface area contributed by atoms with E-state index in [1.54, 1.807) is 12.3 Å². The van der Waals surface area contributed by atoms with Crippen LogP contribution in [0.15, 0.2) is 18.3 Å². The van der Waals surface area contributed by atoms with Crippen molar-refractivity contribution in [1.82, 2.24) is 4.98 Å². The highest BCUT2D eigenvalue weighted by atomic mass is 35.5. The Labute approximate surface area is 71.4 Å². The van der Waals surface area contributed by atoms with Crippen molar-refractivity contribution in [3.8, 4) is 0 Å². The van der Waals surface area contributed by atoms with Crippen molar-refractivity contribution < 1.29 is 0 Å². The van der Waals surface area contributed by atoms with Crippen LogP contribution in [0.5, 0.6) is 0 Å². The minimum atomic E-state index is 0.0831. The van der Waals surface area contributed by atoms with Crippen molar-refractivity contribution in [3.63, 3.8) is 0 Å². The van der Waals surface area contributed by atoms with Gasteiger partial charge >= 0.3 is 0 Å². The average Bonchev–Trinajstić information content (AvgIpc) is 2.05. The van der Waals surface area contributed by atoms with Crippen LogP contribution in [0.1, 0.15) is 24.9 Å². The third-order valence-corrected chi connectivity index (χ3v) is 1.84. The van der Waals surface area contributed by atoms with Crippen LogP contribution in [0.3, 0.4) is 0 Å². The molecular weight excluding hydrogens is 160 g/mol. The van der Waals surface area contributed by atoms with Crippen molar-refractivity contribution in [2.45, 2.75) is 19.4 Å². The lowest BCUT2D eigenvalue weighted by molar-refractivity contribution is 0.695. The first-order valence-corrected chi connectivity index (χ1v) is 3.99. The Hall–Kier alpha value is -0.600. The number of nitrogens with two attached hydrogens (primary N) is 1. The number of rotatable bonds is 2. The van der Waals surface area contributed by atoms with Gasteiger partial charge in [0.1, 0.15) is 5.15 Å². The summed E-state index contributed by atoms with van der Waals surface area (Å²) in [5.41, 5.74) is 6.80. The van der Waals surface area contributed by atoms with Gasteiger partial charge in [-0.2, -0.15) is 0 Å². The van der Waals surface area contributed by atoms with Gasteiger partial charge in [-0.05, 0) is 18.1 Å². The second-order valence-corrected chi connectivity index (χ2v) is 2.82. The molecule has 1 heterocycles. The van der Waals surface area contributed by atoms with Crippen LogP contribution >= 0.6 is 11.6 Å². The minimum Gasteiger partial charge on any atom is -0.324 e. The Kier molecular flexibility index (Phi) is 2.85. The first kappa shape index (κ1) is 8.50. The smallest absolute Gasteiger partial charge is 0.129 e. The highest BCUT2D eigenvalue weighted by Gasteiger charge is 2.01. The molecule has 0 unspecified atom stereocenters. The number of halogens is 1. The molecule has 1 rings (SSSR count). The van der Waals surface area contributed by atoms with E-state index in [2.05, 4.69) is 4.98 Å². The summed E-state index contributed by atoms with van der Waals surface area (Å²) in [6.07, 6.45) is 2.64. The normalized spacial score (nSPS) is 13.0. The highest BCUT2D eigenvalue weighted by Crippen LogP contribution is 2.13. The van der Waals surface area contributed by atoms with Gasteiger partial charge in [0.15, 0.2) is 0 Å². The summed E-state index contributed by atoms with van der Waals surface area (Å²) < 4.78 is 0. The largest absolute Gasteiger partial charge is 0.324 e. The lowest BCUT2D eigenvalue weighted by Gasteiger charge is -2.07. The molecule has 0 amide bonds. The summed E-state index contributed by atoms with van der Waals surface area (Å²) in [4.78, 5) is 3.93. The van der Waals surface area contributed by atoms with Gasteiger partial charge in [0.05, 0.1) is 0 Å². The predicted octanol–water partition coefficient (Wildman–Crippen LogP) is 2.14. The Bertz CT molecular complexity index is 220. The van der Waals surface area contributed by atoms with E-state index in [1.165, 1.54) is 0 Å². The molecule has 3 heteroatoms. The Morgan fingerprint density at radius 1 is 1.64 bits per heavy atom. The monoisotopic (exact) mass is 170 g/mol. The van der Waals surface area contributed by atoms with E-state index in [9.17, 15) is 0 Å². The van der Waals surface area contributed by atoms with Crippen LogP contribution in [-0.4, -0.2) is 4.98 Å². The van der Waals surface area contributed by atoms with Crippen LogP contribution < -0.4 is 5.73 Å². The fourth-order valence-electron chi connectivity index (χ4n) is 0.842. The summed E-state index contributed by atoms with van der Waals surface area (Å²) in [5.74, 6) is 0. The molecule has 0 radical (unpaired) electrons. The first-order chi connectivity index (χ1) is 5.24. The van der Waals surface area contributed by atoms with Crippen LogP contribution in [0.2, 0.25) is 5.15 Å². The molecule has 60 valence electrons. The molecule has 0 saturated carbocycles. The molecule has 0 aliphatic heterocycles. The summed E-state index contributed by atoms with van der Waals surface area (Å²) in [5, 5.41) is 0.511. The zero-order valence-corrected chi connectivity index (χ0v) is 7.17. The molecule has 0 fully saturated rings. The van der Waals surface area contributed by atoms with E-state index >= 15 is 0 Å². The van der Waals surface area contributed by atoms with Gasteiger partial charge in [0.2, 0.25) is 0 Å². The van der Waals surface area contributed by atoms with Gasteiger partial charge in [-0.15, -0.1) is 0 Å². The Morgan fingerprint density at radius 2 is 2.36 bits per heavy atom. The molecule has 0 spiro atoms. The molecule has 11 heavy (non-hydrogen) atoms. The number of nitrogens with zero attached hydrogens (tertiary/aromatic N) is 1. The maximum Gasteiger partial charge on any atom is 0.129 e. The van der Waals surface area contributed by atoms with Crippen LogP contribution in [0.25, 0.3) is 0 Å². The highest BCUT2D eigenvalue weighted by molar-refractivity contribution is 6.29. The molecule has 2 N–H and O–H groups in total. The summed E-state index contributed by atoms with van der Waals surface area (Å²) in [6, 6.07) is 3.75. The fraction of sp³-hybridized carbons (Fsp3) is 0.375. The van der Waals surface area contributed by atoms with Crippen molar-refractivity contribution in [2.75, 3.05) is 0 Å². The summed E-state index contributed by atoms with van der Waals surface area (Å²) in [6.45, 7) is 2.04. The molecule has 1 atom stereocenters. The van der Waals surface area contributed by atoms with Gasteiger partial charge in [0, 0.05) is 12.2 Å².